The van der Waals surface area contributed by atoms with Crippen LogP contribution in [-0.2, 0) is 0 Å². The molecule has 0 aliphatic heterocycles. The van der Waals surface area contributed by atoms with Crippen molar-refractivity contribution >= 4 is 33.4 Å². The third-order valence-corrected chi connectivity index (χ3v) is 2.37. The van der Waals surface area contributed by atoms with Crippen LogP contribution in [0.15, 0.2) is 16.6 Å². The summed E-state index contributed by atoms with van der Waals surface area (Å²) in [6.45, 7) is 5.72. The lowest BCUT2D eigenvalue weighted by Crippen LogP contribution is -2.41. The van der Waals surface area contributed by atoms with Gasteiger partial charge in [-0.05, 0) is 48.8 Å². The zero-order valence-electron chi connectivity index (χ0n) is 8.77. The molecule has 1 aromatic rings. The molecule has 0 radical (unpaired) electrons. The van der Waals surface area contributed by atoms with Gasteiger partial charge in [-0.15, -0.1) is 0 Å². The van der Waals surface area contributed by atoms with Gasteiger partial charge in [-0.1, -0.05) is 11.6 Å². The van der Waals surface area contributed by atoms with Crippen molar-refractivity contribution in [1.82, 2.24) is 10.3 Å². The maximum atomic E-state index is 11.8. The van der Waals surface area contributed by atoms with Gasteiger partial charge in [0.05, 0.1) is 0 Å². The van der Waals surface area contributed by atoms with E-state index >= 15 is 0 Å². The molecule has 1 amide bonds. The van der Waals surface area contributed by atoms with Crippen molar-refractivity contribution < 1.29 is 4.79 Å². The number of aromatic nitrogens is 1. The highest BCUT2D eigenvalue weighted by atomic mass is 79.9. The molecular weight excluding hydrogens is 279 g/mol. The van der Waals surface area contributed by atoms with Gasteiger partial charge in [0.2, 0.25) is 0 Å². The van der Waals surface area contributed by atoms with E-state index in [1.807, 2.05) is 20.8 Å². The van der Waals surface area contributed by atoms with Crippen molar-refractivity contribution in [1.29, 1.82) is 0 Å². The molecule has 15 heavy (non-hydrogen) atoms. The smallest absolute Gasteiger partial charge is 0.271 e. The van der Waals surface area contributed by atoms with Crippen molar-refractivity contribution in [3.05, 3.63) is 27.5 Å². The molecule has 1 rings (SSSR count). The summed E-state index contributed by atoms with van der Waals surface area (Å²) in [5.74, 6) is -0.239. The SMILES string of the molecule is CC(C)(C)NC(=O)c1nc(Cl)ccc1Br. The molecule has 1 heterocycles. The van der Waals surface area contributed by atoms with Crippen molar-refractivity contribution in [2.24, 2.45) is 0 Å². The molecule has 1 aromatic heterocycles. The summed E-state index contributed by atoms with van der Waals surface area (Å²) >= 11 is 8.98. The van der Waals surface area contributed by atoms with Gasteiger partial charge in [-0.2, -0.15) is 0 Å². The predicted molar refractivity (Wildman–Crippen MR) is 64.2 cm³/mol. The van der Waals surface area contributed by atoms with E-state index in [9.17, 15) is 4.79 Å². The highest BCUT2D eigenvalue weighted by Gasteiger charge is 2.18. The Balaban J connectivity index is 2.96. The fraction of sp³-hybridized carbons (Fsp3) is 0.400. The normalized spacial score (nSPS) is 11.3. The van der Waals surface area contributed by atoms with Gasteiger partial charge in [-0.3, -0.25) is 4.79 Å². The molecule has 5 heteroatoms. The van der Waals surface area contributed by atoms with Gasteiger partial charge >= 0.3 is 0 Å². The van der Waals surface area contributed by atoms with Crippen LogP contribution in [0.25, 0.3) is 0 Å². The Morgan fingerprint density at radius 3 is 2.60 bits per heavy atom. The fourth-order valence-electron chi connectivity index (χ4n) is 0.977. The number of rotatable bonds is 1. The maximum absolute atomic E-state index is 11.8. The van der Waals surface area contributed by atoms with Crippen molar-refractivity contribution in [2.45, 2.75) is 26.3 Å². The quantitative estimate of drug-likeness (QED) is 0.808. The van der Waals surface area contributed by atoms with E-state index in [-0.39, 0.29) is 11.4 Å². The van der Waals surface area contributed by atoms with Gasteiger partial charge < -0.3 is 5.32 Å². The lowest BCUT2D eigenvalue weighted by atomic mass is 10.1. The van der Waals surface area contributed by atoms with Crippen LogP contribution in [0.5, 0.6) is 0 Å². The molecule has 0 saturated heterocycles. The Morgan fingerprint density at radius 2 is 2.07 bits per heavy atom. The number of carbonyl (C=O) groups excluding carboxylic acids is 1. The Hall–Kier alpha value is -0.610. The van der Waals surface area contributed by atoms with Crippen molar-refractivity contribution in [3.63, 3.8) is 0 Å². The Kier molecular flexibility index (Phi) is 3.73. The molecule has 0 unspecified atom stereocenters. The van der Waals surface area contributed by atoms with Crippen LogP contribution in [0.1, 0.15) is 31.3 Å². The number of amides is 1. The molecule has 0 atom stereocenters. The molecule has 0 aliphatic carbocycles. The van der Waals surface area contributed by atoms with E-state index in [0.29, 0.717) is 15.3 Å². The van der Waals surface area contributed by atoms with Gasteiger partial charge in [0.15, 0.2) is 0 Å². The number of nitrogens with one attached hydrogen (secondary N) is 1. The van der Waals surface area contributed by atoms with Crippen molar-refractivity contribution in [3.8, 4) is 0 Å². The standard InChI is InChI=1S/C10H12BrClN2O/c1-10(2,3)14-9(15)8-6(11)4-5-7(12)13-8/h4-5H,1-3H3,(H,14,15). The van der Waals surface area contributed by atoms with Gasteiger partial charge in [0.25, 0.3) is 5.91 Å². The summed E-state index contributed by atoms with van der Waals surface area (Å²) in [6, 6.07) is 3.33. The van der Waals surface area contributed by atoms with Crippen molar-refractivity contribution in [2.75, 3.05) is 0 Å². The van der Waals surface area contributed by atoms with Crippen LogP contribution in [0.2, 0.25) is 5.15 Å². The third kappa shape index (κ3) is 3.80. The first-order valence-electron chi connectivity index (χ1n) is 4.44. The highest BCUT2D eigenvalue weighted by Crippen LogP contribution is 2.18. The predicted octanol–water partition coefficient (Wildman–Crippen LogP) is 3.03. The molecular formula is C10H12BrClN2O. The molecule has 0 aliphatic rings. The third-order valence-electron chi connectivity index (χ3n) is 1.52. The van der Waals surface area contributed by atoms with E-state index in [1.54, 1.807) is 12.1 Å². The van der Waals surface area contributed by atoms with E-state index in [2.05, 4.69) is 26.2 Å². The zero-order chi connectivity index (χ0) is 11.6. The molecule has 0 saturated carbocycles. The number of nitrogens with zero attached hydrogens (tertiary/aromatic N) is 1. The highest BCUT2D eigenvalue weighted by molar-refractivity contribution is 9.10. The number of carbonyl (C=O) groups is 1. The van der Waals surface area contributed by atoms with Crippen LogP contribution in [0.3, 0.4) is 0 Å². The topological polar surface area (TPSA) is 42.0 Å². The summed E-state index contributed by atoms with van der Waals surface area (Å²) < 4.78 is 0.633. The van der Waals surface area contributed by atoms with E-state index in [4.69, 9.17) is 11.6 Å². The summed E-state index contributed by atoms with van der Waals surface area (Å²) in [5, 5.41) is 3.12. The van der Waals surface area contributed by atoms with Crippen LogP contribution in [0, 0.1) is 0 Å². The molecule has 82 valence electrons. The summed E-state index contributed by atoms with van der Waals surface area (Å²) in [6.07, 6.45) is 0. The van der Waals surface area contributed by atoms with Crippen LogP contribution in [0.4, 0.5) is 0 Å². The van der Waals surface area contributed by atoms with Gasteiger partial charge in [0, 0.05) is 10.0 Å². The summed E-state index contributed by atoms with van der Waals surface area (Å²) in [5.41, 5.74) is 0.0120. The average Bonchev–Trinajstić information content (AvgIpc) is 2.06. The number of hydrogen-bond acceptors (Lipinski definition) is 2. The van der Waals surface area contributed by atoms with Crippen LogP contribution >= 0.6 is 27.5 Å². The second-order valence-electron chi connectivity index (χ2n) is 4.17. The lowest BCUT2D eigenvalue weighted by molar-refractivity contribution is 0.0913. The fourth-order valence-corrected chi connectivity index (χ4v) is 1.53. The largest absolute Gasteiger partial charge is 0.346 e. The lowest BCUT2D eigenvalue weighted by Gasteiger charge is -2.20. The number of pyridine rings is 1. The second kappa shape index (κ2) is 4.49. The average molecular weight is 292 g/mol. The molecule has 1 N–H and O–H groups in total. The minimum atomic E-state index is -0.291. The van der Waals surface area contributed by atoms with E-state index < -0.39 is 0 Å². The van der Waals surface area contributed by atoms with Gasteiger partial charge in [0.1, 0.15) is 10.8 Å². The monoisotopic (exact) mass is 290 g/mol. The number of hydrogen-bond donors (Lipinski definition) is 1. The Labute approximate surface area is 102 Å². The summed E-state index contributed by atoms with van der Waals surface area (Å²) in [4.78, 5) is 15.7. The molecule has 0 fully saturated rings. The van der Waals surface area contributed by atoms with E-state index in [0.717, 1.165) is 0 Å². The van der Waals surface area contributed by atoms with E-state index in [1.165, 1.54) is 0 Å². The van der Waals surface area contributed by atoms with Crippen LogP contribution in [-0.4, -0.2) is 16.4 Å². The minimum absolute atomic E-state index is 0.239. The molecule has 0 spiro atoms. The van der Waals surface area contributed by atoms with Crippen LogP contribution < -0.4 is 5.32 Å². The minimum Gasteiger partial charge on any atom is -0.346 e. The molecule has 0 bridgehead atoms. The Bertz CT molecular complexity index is 387. The first kappa shape index (κ1) is 12.5. The maximum Gasteiger partial charge on any atom is 0.271 e. The van der Waals surface area contributed by atoms with Gasteiger partial charge in [-0.25, -0.2) is 4.98 Å². The first-order valence-corrected chi connectivity index (χ1v) is 5.61. The molecule has 0 aromatic carbocycles. The number of halogens is 2. The summed E-state index contributed by atoms with van der Waals surface area (Å²) in [7, 11) is 0. The zero-order valence-corrected chi connectivity index (χ0v) is 11.1. The second-order valence-corrected chi connectivity index (χ2v) is 5.41. The molecule has 3 nitrogen and oxygen atoms in total. The first-order chi connectivity index (χ1) is 6.79. The Morgan fingerprint density at radius 1 is 1.47 bits per heavy atom.